The van der Waals surface area contributed by atoms with Gasteiger partial charge in [0.05, 0.1) is 17.0 Å². The summed E-state index contributed by atoms with van der Waals surface area (Å²) in [5.41, 5.74) is 0. The zero-order valence-corrected chi connectivity index (χ0v) is 17.5. The lowest BCUT2D eigenvalue weighted by Crippen LogP contribution is -2.12. The Bertz CT molecular complexity index is 676. The molecule has 2 aromatic carbocycles. The van der Waals surface area contributed by atoms with Gasteiger partial charge in [0.1, 0.15) is 18.1 Å². The van der Waals surface area contributed by atoms with Crippen LogP contribution in [-0.2, 0) is 0 Å². The lowest BCUT2D eigenvalue weighted by molar-refractivity contribution is 0.304. The summed E-state index contributed by atoms with van der Waals surface area (Å²) in [6, 6.07) is 9.81. The third-order valence-corrected chi connectivity index (χ3v) is 5.09. The standard InChI is InChI=1S/C21H27Cl3O2/c1-2-3-4-5-8-13-25-21-18-10-7-6-9-17(18)20(14-19(21)24)26-15-16(23)11-12-22/h6-7,9-10,14,16H,2-5,8,11-13,15H2,1H3. The van der Waals surface area contributed by atoms with E-state index >= 15 is 0 Å². The first kappa shape index (κ1) is 21.5. The van der Waals surface area contributed by atoms with Crippen LogP contribution in [0.25, 0.3) is 10.8 Å². The van der Waals surface area contributed by atoms with Gasteiger partial charge in [-0.1, -0.05) is 68.5 Å². The third kappa shape index (κ3) is 6.40. The van der Waals surface area contributed by atoms with Crippen LogP contribution in [0.4, 0.5) is 0 Å². The number of rotatable bonds is 12. The second-order valence-electron chi connectivity index (χ2n) is 6.38. The molecule has 0 N–H and O–H groups in total. The van der Waals surface area contributed by atoms with Crippen LogP contribution in [0.3, 0.4) is 0 Å². The number of ether oxygens (including phenoxy) is 2. The first-order chi connectivity index (χ1) is 12.7. The van der Waals surface area contributed by atoms with Gasteiger partial charge in [-0.3, -0.25) is 0 Å². The number of halogens is 3. The highest BCUT2D eigenvalue weighted by Gasteiger charge is 2.14. The van der Waals surface area contributed by atoms with E-state index in [-0.39, 0.29) is 5.38 Å². The van der Waals surface area contributed by atoms with E-state index in [0.29, 0.717) is 30.5 Å². The quantitative estimate of drug-likeness (QED) is 0.263. The first-order valence-electron chi connectivity index (χ1n) is 9.34. The molecule has 0 amide bonds. The Labute approximate surface area is 171 Å². The minimum absolute atomic E-state index is 0.121. The van der Waals surface area contributed by atoms with Gasteiger partial charge in [0, 0.05) is 22.7 Å². The maximum Gasteiger partial charge on any atom is 0.145 e. The van der Waals surface area contributed by atoms with Crippen LogP contribution in [0.1, 0.15) is 45.4 Å². The van der Waals surface area contributed by atoms with E-state index < -0.39 is 0 Å². The van der Waals surface area contributed by atoms with Gasteiger partial charge in [-0.25, -0.2) is 0 Å². The molecule has 26 heavy (non-hydrogen) atoms. The minimum atomic E-state index is -0.121. The summed E-state index contributed by atoms with van der Waals surface area (Å²) in [6.45, 7) is 3.29. The largest absolute Gasteiger partial charge is 0.491 e. The molecule has 0 aliphatic carbocycles. The Morgan fingerprint density at radius 1 is 1.00 bits per heavy atom. The van der Waals surface area contributed by atoms with E-state index in [2.05, 4.69) is 6.92 Å². The molecule has 5 heteroatoms. The molecule has 144 valence electrons. The zero-order chi connectivity index (χ0) is 18.8. The molecular weight excluding hydrogens is 391 g/mol. The maximum absolute atomic E-state index is 6.49. The van der Waals surface area contributed by atoms with Crippen LogP contribution in [-0.4, -0.2) is 24.5 Å². The summed E-state index contributed by atoms with van der Waals surface area (Å²) in [4.78, 5) is 0. The number of fused-ring (bicyclic) bond motifs is 1. The summed E-state index contributed by atoms with van der Waals surface area (Å²) in [5.74, 6) is 1.97. The predicted octanol–water partition coefficient (Wildman–Crippen LogP) is 7.46. The fourth-order valence-electron chi connectivity index (χ4n) is 2.81. The van der Waals surface area contributed by atoms with E-state index in [4.69, 9.17) is 44.3 Å². The molecule has 2 nitrogen and oxygen atoms in total. The van der Waals surface area contributed by atoms with E-state index in [1.807, 2.05) is 30.3 Å². The average Bonchev–Trinajstić information content (AvgIpc) is 2.64. The van der Waals surface area contributed by atoms with Crippen molar-refractivity contribution in [3.63, 3.8) is 0 Å². The second-order valence-corrected chi connectivity index (χ2v) is 7.78. The van der Waals surface area contributed by atoms with Crippen LogP contribution < -0.4 is 9.47 Å². The molecule has 0 heterocycles. The van der Waals surface area contributed by atoms with E-state index in [9.17, 15) is 0 Å². The highest BCUT2D eigenvalue weighted by atomic mass is 35.5. The molecule has 0 bridgehead atoms. The van der Waals surface area contributed by atoms with Crippen molar-refractivity contribution in [2.24, 2.45) is 0 Å². The van der Waals surface area contributed by atoms with Gasteiger partial charge in [-0.15, -0.1) is 23.2 Å². The Balaban J connectivity index is 2.09. The van der Waals surface area contributed by atoms with Crippen LogP contribution in [0.2, 0.25) is 5.02 Å². The van der Waals surface area contributed by atoms with E-state index in [1.165, 1.54) is 25.7 Å². The highest BCUT2D eigenvalue weighted by molar-refractivity contribution is 6.33. The molecule has 0 spiro atoms. The van der Waals surface area contributed by atoms with Crippen molar-refractivity contribution < 1.29 is 9.47 Å². The Hall–Kier alpha value is -0.830. The number of unbranched alkanes of at least 4 members (excludes halogenated alkanes) is 4. The molecular formula is C21H27Cl3O2. The molecule has 0 radical (unpaired) electrons. The summed E-state index contributed by atoms with van der Waals surface area (Å²) in [7, 11) is 0. The highest BCUT2D eigenvalue weighted by Crippen LogP contribution is 2.39. The fraction of sp³-hybridized carbons (Fsp3) is 0.524. The summed E-state index contributed by atoms with van der Waals surface area (Å²) < 4.78 is 11.9. The minimum Gasteiger partial charge on any atom is -0.491 e. The van der Waals surface area contributed by atoms with Crippen molar-refractivity contribution in [3.05, 3.63) is 35.4 Å². The number of hydrogen-bond acceptors (Lipinski definition) is 2. The molecule has 0 saturated carbocycles. The molecule has 1 unspecified atom stereocenters. The van der Waals surface area contributed by atoms with Crippen molar-refractivity contribution >= 4 is 45.6 Å². The summed E-state index contributed by atoms with van der Waals surface area (Å²) in [6.07, 6.45) is 6.70. The van der Waals surface area contributed by atoms with Crippen molar-refractivity contribution in [2.75, 3.05) is 19.1 Å². The van der Waals surface area contributed by atoms with Crippen LogP contribution in [0, 0.1) is 0 Å². The van der Waals surface area contributed by atoms with Crippen molar-refractivity contribution in [2.45, 2.75) is 50.8 Å². The lowest BCUT2D eigenvalue weighted by atomic mass is 10.1. The van der Waals surface area contributed by atoms with E-state index in [1.54, 1.807) is 0 Å². The SMILES string of the molecule is CCCCCCCOc1c(Cl)cc(OCC(Cl)CCCl)c2ccccc12. The first-order valence-corrected chi connectivity index (χ1v) is 10.7. The van der Waals surface area contributed by atoms with Crippen molar-refractivity contribution in [1.82, 2.24) is 0 Å². The van der Waals surface area contributed by atoms with E-state index in [0.717, 1.165) is 28.7 Å². The predicted molar refractivity (Wildman–Crippen MR) is 114 cm³/mol. The molecule has 1 atom stereocenters. The lowest BCUT2D eigenvalue weighted by Gasteiger charge is -2.16. The Morgan fingerprint density at radius 3 is 2.46 bits per heavy atom. The number of hydrogen-bond donors (Lipinski definition) is 0. The van der Waals surface area contributed by atoms with Crippen molar-refractivity contribution in [1.29, 1.82) is 0 Å². The average molecular weight is 418 g/mol. The maximum atomic E-state index is 6.49. The van der Waals surface area contributed by atoms with Gasteiger partial charge < -0.3 is 9.47 Å². The van der Waals surface area contributed by atoms with Crippen LogP contribution in [0.15, 0.2) is 30.3 Å². The summed E-state index contributed by atoms with van der Waals surface area (Å²) >= 11 is 18.4. The normalized spacial score (nSPS) is 12.3. The fourth-order valence-corrected chi connectivity index (χ4v) is 3.61. The molecule has 0 fully saturated rings. The number of benzene rings is 2. The van der Waals surface area contributed by atoms with Crippen molar-refractivity contribution in [3.8, 4) is 11.5 Å². The Kier molecular flexibility index (Phi) is 9.74. The zero-order valence-electron chi connectivity index (χ0n) is 15.3. The number of alkyl halides is 2. The molecule has 0 aliphatic rings. The van der Waals surface area contributed by atoms with Gasteiger partial charge in [0.25, 0.3) is 0 Å². The van der Waals surface area contributed by atoms with Gasteiger partial charge in [0.15, 0.2) is 0 Å². The molecule has 0 saturated heterocycles. The molecule has 0 aromatic heterocycles. The smallest absolute Gasteiger partial charge is 0.145 e. The molecule has 2 rings (SSSR count). The summed E-state index contributed by atoms with van der Waals surface area (Å²) in [5, 5.41) is 2.39. The van der Waals surface area contributed by atoms with Gasteiger partial charge >= 0.3 is 0 Å². The monoisotopic (exact) mass is 416 g/mol. The molecule has 2 aromatic rings. The van der Waals surface area contributed by atoms with Gasteiger partial charge in [0.2, 0.25) is 0 Å². The molecule has 0 aliphatic heterocycles. The topological polar surface area (TPSA) is 18.5 Å². The van der Waals surface area contributed by atoms with Crippen LogP contribution in [0.5, 0.6) is 11.5 Å². The third-order valence-electron chi connectivity index (χ3n) is 4.25. The second kappa shape index (κ2) is 11.8. The van der Waals surface area contributed by atoms with Gasteiger partial charge in [-0.2, -0.15) is 0 Å². The van der Waals surface area contributed by atoms with Gasteiger partial charge in [-0.05, 0) is 12.8 Å². The van der Waals surface area contributed by atoms with Crippen LogP contribution >= 0.6 is 34.8 Å². The Morgan fingerprint density at radius 2 is 1.73 bits per heavy atom.